The first kappa shape index (κ1) is 35.1. The highest BCUT2D eigenvalue weighted by atomic mass is 16.5. The molecule has 0 spiro atoms. The monoisotopic (exact) mass is 663 g/mol. The molecule has 5 rings (SSSR count). The van der Waals surface area contributed by atoms with Gasteiger partial charge in [-0.25, -0.2) is 0 Å². The minimum atomic E-state index is -0.363. The summed E-state index contributed by atoms with van der Waals surface area (Å²) in [5.41, 5.74) is 10.8. The average molecular weight is 664 g/mol. The Morgan fingerprint density at radius 1 is 0.980 bits per heavy atom. The Labute approximate surface area is 287 Å². The van der Waals surface area contributed by atoms with Gasteiger partial charge in [0.15, 0.2) is 0 Å². The predicted molar refractivity (Wildman–Crippen MR) is 192 cm³/mol. The zero-order chi connectivity index (χ0) is 34.9. The van der Waals surface area contributed by atoms with Crippen LogP contribution < -0.4 is 21.1 Å². The van der Waals surface area contributed by atoms with Crippen LogP contribution in [0, 0.1) is 5.92 Å². The Bertz CT molecular complexity index is 1750. The molecule has 10 nitrogen and oxygen atoms in total. The molecular weight excluding hydrogens is 618 g/mol. The first-order chi connectivity index (χ1) is 23.6. The molecule has 4 aromatic rings. The molecule has 1 heterocycles. The minimum Gasteiger partial charge on any atom is -0.488 e. The highest BCUT2D eigenvalue weighted by molar-refractivity contribution is 6.05. The molecule has 256 valence electrons. The van der Waals surface area contributed by atoms with Gasteiger partial charge in [-0.2, -0.15) is 0 Å². The summed E-state index contributed by atoms with van der Waals surface area (Å²) in [5, 5.41) is 15.8. The van der Waals surface area contributed by atoms with Crippen molar-refractivity contribution < 1.29 is 24.2 Å². The van der Waals surface area contributed by atoms with Crippen molar-refractivity contribution in [3.8, 4) is 5.75 Å². The topological polar surface area (TPSA) is 137 Å². The first-order valence-corrected chi connectivity index (χ1v) is 16.6. The third kappa shape index (κ3) is 9.46. The second-order valence-electron chi connectivity index (χ2n) is 12.9. The lowest BCUT2D eigenvalue weighted by Gasteiger charge is -2.34. The van der Waals surface area contributed by atoms with E-state index >= 15 is 0 Å². The Hall–Kier alpha value is -5.19. The predicted octanol–water partition coefficient (Wildman–Crippen LogP) is 4.98. The number of likely N-dealkylation sites (N-methyl/N-ethyl adjacent to an activating group) is 1. The summed E-state index contributed by atoms with van der Waals surface area (Å²) in [5.74, 6) is 0.0267. The van der Waals surface area contributed by atoms with Gasteiger partial charge in [0, 0.05) is 42.4 Å². The van der Waals surface area contributed by atoms with Gasteiger partial charge in [0.25, 0.3) is 5.91 Å². The number of nitrogen functional groups attached to an aromatic ring is 1. The van der Waals surface area contributed by atoms with Crippen molar-refractivity contribution in [3.05, 3.63) is 119 Å². The Balaban J connectivity index is 1.29. The van der Waals surface area contributed by atoms with Gasteiger partial charge in [0.1, 0.15) is 11.9 Å². The summed E-state index contributed by atoms with van der Waals surface area (Å²) in [4.78, 5) is 43.1. The number of carbonyl (C=O) groups excluding carboxylic acids is 3. The fourth-order valence-electron chi connectivity index (χ4n) is 5.96. The summed E-state index contributed by atoms with van der Waals surface area (Å²) >= 11 is 0. The van der Waals surface area contributed by atoms with Crippen LogP contribution in [0.25, 0.3) is 0 Å². The lowest BCUT2D eigenvalue weighted by Crippen LogP contribution is -2.47. The van der Waals surface area contributed by atoms with Crippen molar-refractivity contribution >= 4 is 34.8 Å². The average Bonchev–Trinajstić information content (AvgIpc) is 3.13. The maximum absolute atomic E-state index is 13.6. The molecule has 0 aliphatic carbocycles. The largest absolute Gasteiger partial charge is 0.488 e. The van der Waals surface area contributed by atoms with Crippen LogP contribution in [-0.2, 0) is 29.0 Å². The molecule has 0 radical (unpaired) electrons. The number of benzene rings is 4. The van der Waals surface area contributed by atoms with Gasteiger partial charge in [-0.15, -0.1) is 0 Å². The van der Waals surface area contributed by atoms with E-state index in [2.05, 4.69) is 22.5 Å². The number of aliphatic hydroxyl groups excluding tert-OH is 1. The number of rotatable bonds is 11. The molecule has 1 aliphatic rings. The summed E-state index contributed by atoms with van der Waals surface area (Å²) in [6, 6.07) is 29.2. The quantitative estimate of drug-likeness (QED) is 0.166. The Morgan fingerprint density at radius 2 is 1.69 bits per heavy atom. The lowest BCUT2D eigenvalue weighted by molar-refractivity contribution is -0.134. The molecule has 1 aliphatic heterocycles. The smallest absolute Gasteiger partial charge is 0.255 e. The molecule has 0 saturated heterocycles. The van der Waals surface area contributed by atoms with Crippen molar-refractivity contribution in [3.63, 3.8) is 0 Å². The van der Waals surface area contributed by atoms with Gasteiger partial charge in [-0.05, 0) is 67.6 Å². The molecule has 0 fully saturated rings. The number of hydrogen-bond acceptors (Lipinski definition) is 7. The Morgan fingerprint density at radius 3 is 2.41 bits per heavy atom. The molecule has 3 atom stereocenters. The molecule has 0 aromatic heterocycles. The van der Waals surface area contributed by atoms with Gasteiger partial charge in [-0.1, -0.05) is 61.5 Å². The highest BCUT2D eigenvalue weighted by Crippen LogP contribution is 2.29. The molecule has 5 N–H and O–H groups in total. The van der Waals surface area contributed by atoms with Crippen LogP contribution in [0.4, 0.5) is 17.1 Å². The van der Waals surface area contributed by atoms with E-state index in [0.717, 1.165) is 11.1 Å². The Kier molecular flexibility index (Phi) is 11.7. The zero-order valence-electron chi connectivity index (χ0n) is 28.3. The standard InChI is InChI=1S/C39H45N5O5/c1-26-22-44(27(2)25-45)38(47)21-31-20-32(41-37(46)19-28-9-5-4-6-10-28)17-18-35(31)49-36(26)24-43(3)23-29-13-15-30(16-14-29)39(48)42-34-12-8-7-11-33(34)40/h4-18,20,26-27,36,45H,19,21-25,40H2,1-3H3,(H,41,46)(H,42,48)/t26-,27-,36+/m0/s1. The maximum atomic E-state index is 13.6. The number of para-hydroxylation sites is 2. The fraction of sp³-hybridized carbons (Fsp3) is 0.308. The summed E-state index contributed by atoms with van der Waals surface area (Å²) in [7, 11) is 2.01. The fourth-order valence-corrected chi connectivity index (χ4v) is 5.96. The maximum Gasteiger partial charge on any atom is 0.255 e. The summed E-state index contributed by atoms with van der Waals surface area (Å²) in [6.45, 7) is 5.32. The number of nitrogens with zero attached hydrogens (tertiary/aromatic N) is 2. The number of nitrogens with two attached hydrogens (primary N) is 1. The van der Waals surface area contributed by atoms with E-state index in [4.69, 9.17) is 10.5 Å². The van der Waals surface area contributed by atoms with Crippen LogP contribution in [0.1, 0.15) is 40.9 Å². The van der Waals surface area contributed by atoms with Crippen LogP contribution >= 0.6 is 0 Å². The van der Waals surface area contributed by atoms with Crippen molar-refractivity contribution in [2.75, 3.05) is 43.1 Å². The van der Waals surface area contributed by atoms with Crippen LogP contribution in [0.2, 0.25) is 0 Å². The molecule has 3 amide bonds. The van der Waals surface area contributed by atoms with E-state index in [0.29, 0.717) is 53.6 Å². The number of nitrogens with one attached hydrogen (secondary N) is 2. The number of amides is 3. The van der Waals surface area contributed by atoms with Crippen LogP contribution in [0.3, 0.4) is 0 Å². The van der Waals surface area contributed by atoms with Crippen LogP contribution in [0.15, 0.2) is 97.1 Å². The van der Waals surface area contributed by atoms with Crippen LogP contribution in [-0.4, -0.2) is 71.5 Å². The van der Waals surface area contributed by atoms with E-state index in [9.17, 15) is 19.5 Å². The first-order valence-electron chi connectivity index (χ1n) is 16.6. The second-order valence-corrected chi connectivity index (χ2v) is 12.9. The van der Waals surface area contributed by atoms with Crippen molar-refractivity contribution in [1.29, 1.82) is 0 Å². The normalized spacial score (nSPS) is 16.8. The number of hydrogen-bond donors (Lipinski definition) is 4. The van der Waals surface area contributed by atoms with Gasteiger partial charge < -0.3 is 31.1 Å². The zero-order valence-corrected chi connectivity index (χ0v) is 28.3. The van der Waals surface area contributed by atoms with Crippen molar-refractivity contribution in [2.45, 2.75) is 45.4 Å². The number of fused-ring (bicyclic) bond motifs is 1. The minimum absolute atomic E-state index is 0.0619. The summed E-state index contributed by atoms with van der Waals surface area (Å²) in [6.07, 6.45) is 0.0245. The molecule has 10 heteroatoms. The lowest BCUT2D eigenvalue weighted by atomic mass is 10.0. The van der Waals surface area contributed by atoms with Gasteiger partial charge in [0.05, 0.1) is 36.9 Å². The molecule has 4 aromatic carbocycles. The number of ether oxygens (including phenoxy) is 1. The second kappa shape index (κ2) is 16.3. The van der Waals surface area contributed by atoms with Gasteiger partial charge in [0.2, 0.25) is 11.8 Å². The highest BCUT2D eigenvalue weighted by Gasteiger charge is 2.31. The van der Waals surface area contributed by atoms with Crippen molar-refractivity contribution in [1.82, 2.24) is 9.80 Å². The molecule has 49 heavy (non-hydrogen) atoms. The molecule has 0 saturated carbocycles. The molecular formula is C39H45N5O5. The third-order valence-corrected chi connectivity index (χ3v) is 8.78. The number of anilines is 3. The van der Waals surface area contributed by atoms with E-state index in [-0.39, 0.29) is 55.2 Å². The third-order valence-electron chi connectivity index (χ3n) is 8.78. The SMILES string of the molecule is C[C@H]1CN([C@@H](C)CO)C(=O)Cc2cc(NC(=O)Cc3ccccc3)ccc2O[C@@H]1CN(C)Cc1ccc(C(=O)Nc2ccccc2N)cc1. The van der Waals surface area contributed by atoms with Gasteiger partial charge in [-0.3, -0.25) is 19.3 Å². The number of aliphatic hydroxyl groups is 1. The van der Waals surface area contributed by atoms with E-state index in [1.165, 1.54) is 0 Å². The molecule has 0 unspecified atom stereocenters. The van der Waals surface area contributed by atoms with Crippen molar-refractivity contribution in [2.24, 2.45) is 5.92 Å². The summed E-state index contributed by atoms with van der Waals surface area (Å²) < 4.78 is 6.66. The van der Waals surface area contributed by atoms with E-state index in [1.54, 1.807) is 41.3 Å². The number of carbonyl (C=O) groups is 3. The van der Waals surface area contributed by atoms with E-state index in [1.807, 2.05) is 74.6 Å². The molecule has 0 bridgehead atoms. The van der Waals surface area contributed by atoms with Crippen LogP contribution in [0.5, 0.6) is 5.75 Å². The van der Waals surface area contributed by atoms with E-state index < -0.39 is 0 Å². The van der Waals surface area contributed by atoms with Gasteiger partial charge >= 0.3 is 0 Å².